The lowest BCUT2D eigenvalue weighted by molar-refractivity contribution is -0.121. The maximum Gasteiger partial charge on any atom is 0.220 e. The molecule has 0 aliphatic carbocycles. The van der Waals surface area contributed by atoms with Crippen LogP contribution in [0.5, 0.6) is 5.75 Å². The first-order valence-electron chi connectivity index (χ1n) is 8.27. The Balaban J connectivity index is 1.62. The minimum atomic E-state index is 0.186. The molecule has 3 heteroatoms. The lowest BCUT2D eigenvalue weighted by Gasteiger charge is -2.25. The first-order chi connectivity index (χ1) is 10.3. The summed E-state index contributed by atoms with van der Waals surface area (Å²) in [6.45, 7) is 3.63. The monoisotopic (exact) mass is 289 g/mol. The molecule has 0 saturated heterocycles. The Kier molecular flexibility index (Phi) is 6.58. The number of carbonyl (C=O) groups excluding carboxylic acids is 1. The van der Waals surface area contributed by atoms with Gasteiger partial charge in [-0.25, -0.2) is 0 Å². The van der Waals surface area contributed by atoms with Crippen molar-refractivity contribution in [2.75, 3.05) is 13.2 Å². The van der Waals surface area contributed by atoms with Gasteiger partial charge in [0.1, 0.15) is 5.75 Å². The van der Waals surface area contributed by atoms with Crippen LogP contribution in [0.1, 0.15) is 51.0 Å². The summed E-state index contributed by atoms with van der Waals surface area (Å²) in [5.41, 5.74) is 1.25. The number of nitrogens with one attached hydrogen (secondary N) is 1. The Bertz CT molecular complexity index is 445. The molecule has 0 bridgehead atoms. The summed E-state index contributed by atoms with van der Waals surface area (Å²) in [5.74, 6) is 1.57. The standard InChI is InChI=1S/C18H27NO2/c1-2-3-4-5-6-11-18(20)19-13-15-12-16-9-7-8-10-17(16)21-14-15/h7-10,15H,2-6,11-14H2,1H3,(H,19,20). The molecule has 1 atom stereocenters. The highest BCUT2D eigenvalue weighted by Crippen LogP contribution is 2.26. The molecule has 3 nitrogen and oxygen atoms in total. The van der Waals surface area contributed by atoms with Crippen molar-refractivity contribution >= 4 is 5.91 Å². The Labute approximate surface area is 128 Å². The molecule has 21 heavy (non-hydrogen) atoms. The number of amides is 1. The quantitative estimate of drug-likeness (QED) is 0.741. The first-order valence-corrected chi connectivity index (χ1v) is 8.27. The van der Waals surface area contributed by atoms with Crippen molar-refractivity contribution in [3.63, 3.8) is 0 Å². The molecule has 116 valence electrons. The molecule has 2 rings (SSSR count). The van der Waals surface area contributed by atoms with Crippen LogP contribution < -0.4 is 10.1 Å². The number of hydrogen-bond donors (Lipinski definition) is 1. The normalized spacial score (nSPS) is 16.9. The number of ether oxygens (including phenoxy) is 1. The van der Waals surface area contributed by atoms with Gasteiger partial charge in [0.25, 0.3) is 0 Å². The second-order valence-electron chi connectivity index (χ2n) is 5.96. The molecule has 1 N–H and O–H groups in total. The maximum atomic E-state index is 11.8. The fourth-order valence-corrected chi connectivity index (χ4v) is 2.76. The maximum absolute atomic E-state index is 11.8. The summed E-state index contributed by atoms with van der Waals surface area (Å²) in [6, 6.07) is 8.16. The highest BCUT2D eigenvalue weighted by Gasteiger charge is 2.19. The highest BCUT2D eigenvalue weighted by atomic mass is 16.5. The van der Waals surface area contributed by atoms with Crippen LogP contribution in [0.3, 0.4) is 0 Å². The van der Waals surface area contributed by atoms with Crippen LogP contribution in [0, 0.1) is 5.92 Å². The molecule has 1 amide bonds. The predicted octanol–water partition coefficient (Wildman–Crippen LogP) is 3.71. The van der Waals surface area contributed by atoms with Gasteiger partial charge in [0, 0.05) is 18.9 Å². The molecule has 0 fully saturated rings. The van der Waals surface area contributed by atoms with E-state index in [1.54, 1.807) is 0 Å². The SMILES string of the molecule is CCCCCCCC(=O)NCC1COc2ccccc2C1. The number of rotatable bonds is 8. The number of unbranched alkanes of at least 4 members (excludes halogenated alkanes) is 4. The third-order valence-electron chi connectivity index (χ3n) is 4.05. The van der Waals surface area contributed by atoms with E-state index < -0.39 is 0 Å². The molecule has 1 aliphatic heterocycles. The van der Waals surface area contributed by atoms with Crippen LogP contribution in [-0.2, 0) is 11.2 Å². The smallest absolute Gasteiger partial charge is 0.220 e. The summed E-state index contributed by atoms with van der Waals surface area (Å²) in [7, 11) is 0. The molecule has 0 radical (unpaired) electrons. The molecule has 1 aliphatic rings. The molecule has 1 heterocycles. The van der Waals surface area contributed by atoms with E-state index in [2.05, 4.69) is 18.3 Å². The van der Waals surface area contributed by atoms with Crippen molar-refractivity contribution in [3.05, 3.63) is 29.8 Å². The predicted molar refractivity (Wildman–Crippen MR) is 85.5 cm³/mol. The average molecular weight is 289 g/mol. The molecule has 1 aromatic rings. The fourth-order valence-electron chi connectivity index (χ4n) is 2.76. The van der Waals surface area contributed by atoms with E-state index >= 15 is 0 Å². The van der Waals surface area contributed by atoms with E-state index in [1.807, 2.05) is 18.2 Å². The van der Waals surface area contributed by atoms with E-state index in [0.29, 0.717) is 18.9 Å². The summed E-state index contributed by atoms with van der Waals surface area (Å²) < 4.78 is 5.74. The Morgan fingerprint density at radius 3 is 2.90 bits per heavy atom. The molecular formula is C18H27NO2. The molecule has 0 aromatic heterocycles. The van der Waals surface area contributed by atoms with Gasteiger partial charge in [-0.05, 0) is 24.5 Å². The highest BCUT2D eigenvalue weighted by molar-refractivity contribution is 5.75. The zero-order valence-electron chi connectivity index (χ0n) is 13.1. The number of fused-ring (bicyclic) bond motifs is 1. The van der Waals surface area contributed by atoms with Gasteiger partial charge in [-0.3, -0.25) is 4.79 Å². The number of para-hydroxylation sites is 1. The lowest BCUT2D eigenvalue weighted by atomic mass is 9.97. The Morgan fingerprint density at radius 1 is 1.24 bits per heavy atom. The summed E-state index contributed by atoms with van der Waals surface area (Å²) in [4.78, 5) is 11.8. The second kappa shape index (κ2) is 8.71. The third-order valence-corrected chi connectivity index (χ3v) is 4.05. The van der Waals surface area contributed by atoms with Gasteiger partial charge in [0.05, 0.1) is 6.61 Å². The van der Waals surface area contributed by atoms with Gasteiger partial charge in [-0.15, -0.1) is 0 Å². The zero-order valence-corrected chi connectivity index (χ0v) is 13.1. The van der Waals surface area contributed by atoms with Crippen molar-refractivity contribution in [2.24, 2.45) is 5.92 Å². The van der Waals surface area contributed by atoms with Crippen molar-refractivity contribution < 1.29 is 9.53 Å². The summed E-state index contributed by atoms with van der Waals surface area (Å²) in [6.07, 6.45) is 7.60. The third kappa shape index (κ3) is 5.41. The Morgan fingerprint density at radius 2 is 2.05 bits per heavy atom. The fraction of sp³-hybridized carbons (Fsp3) is 0.611. The van der Waals surface area contributed by atoms with Crippen LogP contribution in [-0.4, -0.2) is 19.1 Å². The minimum Gasteiger partial charge on any atom is -0.493 e. The second-order valence-corrected chi connectivity index (χ2v) is 5.96. The van der Waals surface area contributed by atoms with Gasteiger partial charge < -0.3 is 10.1 Å². The van der Waals surface area contributed by atoms with Gasteiger partial charge in [0.15, 0.2) is 0 Å². The number of hydrogen-bond acceptors (Lipinski definition) is 2. The van der Waals surface area contributed by atoms with E-state index in [1.165, 1.54) is 31.2 Å². The summed E-state index contributed by atoms with van der Waals surface area (Å²) >= 11 is 0. The minimum absolute atomic E-state index is 0.186. The van der Waals surface area contributed by atoms with Crippen LogP contribution in [0.15, 0.2) is 24.3 Å². The van der Waals surface area contributed by atoms with E-state index in [9.17, 15) is 4.79 Å². The molecule has 0 spiro atoms. The van der Waals surface area contributed by atoms with Crippen molar-refractivity contribution in [1.29, 1.82) is 0 Å². The van der Waals surface area contributed by atoms with Gasteiger partial charge in [0.2, 0.25) is 5.91 Å². The first kappa shape index (κ1) is 15.9. The largest absolute Gasteiger partial charge is 0.493 e. The van der Waals surface area contributed by atoms with Crippen LogP contribution in [0.25, 0.3) is 0 Å². The van der Waals surface area contributed by atoms with Crippen molar-refractivity contribution in [1.82, 2.24) is 5.32 Å². The molecule has 1 unspecified atom stereocenters. The van der Waals surface area contributed by atoms with Crippen LogP contribution >= 0.6 is 0 Å². The molecule has 0 saturated carbocycles. The van der Waals surface area contributed by atoms with Crippen LogP contribution in [0.4, 0.5) is 0 Å². The van der Waals surface area contributed by atoms with Gasteiger partial charge in [-0.2, -0.15) is 0 Å². The van der Waals surface area contributed by atoms with Crippen molar-refractivity contribution in [3.8, 4) is 5.75 Å². The number of carbonyl (C=O) groups is 1. The van der Waals surface area contributed by atoms with E-state index in [-0.39, 0.29) is 5.91 Å². The molecular weight excluding hydrogens is 262 g/mol. The lowest BCUT2D eigenvalue weighted by Crippen LogP contribution is -2.34. The zero-order chi connectivity index (χ0) is 14.9. The van der Waals surface area contributed by atoms with Gasteiger partial charge >= 0.3 is 0 Å². The van der Waals surface area contributed by atoms with E-state index in [0.717, 1.165) is 25.1 Å². The average Bonchev–Trinajstić information content (AvgIpc) is 2.52. The topological polar surface area (TPSA) is 38.3 Å². The van der Waals surface area contributed by atoms with Crippen LogP contribution in [0.2, 0.25) is 0 Å². The van der Waals surface area contributed by atoms with E-state index in [4.69, 9.17) is 4.74 Å². The summed E-state index contributed by atoms with van der Waals surface area (Å²) in [5, 5.41) is 3.06. The van der Waals surface area contributed by atoms with Gasteiger partial charge in [-0.1, -0.05) is 50.8 Å². The molecule has 1 aromatic carbocycles. The Hall–Kier alpha value is -1.51. The van der Waals surface area contributed by atoms with Crippen molar-refractivity contribution in [2.45, 2.75) is 51.9 Å². The number of benzene rings is 1.